The van der Waals surface area contributed by atoms with Crippen molar-refractivity contribution in [2.45, 2.75) is 13.1 Å². The average molecular weight is 298 g/mol. The molecule has 0 aromatic heterocycles. The minimum atomic E-state index is -4.53. The highest BCUT2D eigenvalue weighted by Crippen LogP contribution is 2.36. The zero-order valence-corrected chi connectivity index (χ0v) is 11.4. The van der Waals surface area contributed by atoms with E-state index < -0.39 is 17.7 Å². The van der Waals surface area contributed by atoms with E-state index in [1.54, 1.807) is 13.0 Å². The second kappa shape index (κ2) is 6.79. The molecule has 0 heterocycles. The van der Waals surface area contributed by atoms with Crippen LogP contribution in [0, 0.1) is 11.3 Å². The van der Waals surface area contributed by atoms with Crippen LogP contribution in [0.4, 0.5) is 18.9 Å². The number of benzene rings is 1. The fourth-order valence-corrected chi connectivity index (χ4v) is 1.62. The number of hydrogen-bond donors (Lipinski definition) is 0. The number of halogens is 3. The van der Waals surface area contributed by atoms with Gasteiger partial charge in [0, 0.05) is 13.2 Å². The fraction of sp³-hybridized carbons (Fsp3) is 0.286. The number of nitrogens with zero attached hydrogens (tertiary/aromatic N) is 2. The van der Waals surface area contributed by atoms with E-state index in [0.29, 0.717) is 0 Å². The third-order valence-electron chi connectivity index (χ3n) is 2.53. The first-order chi connectivity index (χ1) is 9.81. The second-order valence-electron chi connectivity index (χ2n) is 4.00. The van der Waals surface area contributed by atoms with Crippen molar-refractivity contribution in [3.05, 3.63) is 41.6 Å². The molecule has 0 saturated carbocycles. The minimum Gasteiger partial charge on any atom is -0.462 e. The van der Waals surface area contributed by atoms with Crippen LogP contribution in [-0.2, 0) is 15.7 Å². The summed E-state index contributed by atoms with van der Waals surface area (Å²) < 4.78 is 43.4. The van der Waals surface area contributed by atoms with Crippen LogP contribution in [0.5, 0.6) is 0 Å². The molecular formula is C14H13F3N2O2. The Balaban J connectivity index is 3.18. The number of carbonyl (C=O) groups is 1. The molecule has 7 heteroatoms. The lowest BCUT2D eigenvalue weighted by molar-refractivity contribution is -0.138. The van der Waals surface area contributed by atoms with E-state index in [1.807, 2.05) is 0 Å². The van der Waals surface area contributed by atoms with Crippen molar-refractivity contribution >= 4 is 11.7 Å². The van der Waals surface area contributed by atoms with E-state index in [4.69, 9.17) is 5.26 Å². The summed E-state index contributed by atoms with van der Waals surface area (Å²) >= 11 is 0. The van der Waals surface area contributed by atoms with Crippen LogP contribution in [0.15, 0.2) is 36.0 Å². The molecule has 112 valence electrons. The molecule has 0 spiro atoms. The van der Waals surface area contributed by atoms with Gasteiger partial charge in [0.1, 0.15) is 6.07 Å². The van der Waals surface area contributed by atoms with Crippen LogP contribution in [0.1, 0.15) is 12.5 Å². The van der Waals surface area contributed by atoms with Gasteiger partial charge >= 0.3 is 12.1 Å². The highest BCUT2D eigenvalue weighted by atomic mass is 19.4. The Morgan fingerprint density at radius 2 is 2.05 bits per heavy atom. The molecule has 1 rings (SSSR count). The number of ether oxygens (including phenoxy) is 1. The van der Waals surface area contributed by atoms with Crippen molar-refractivity contribution < 1.29 is 22.7 Å². The highest BCUT2D eigenvalue weighted by molar-refractivity contribution is 5.93. The van der Waals surface area contributed by atoms with Gasteiger partial charge in [-0.05, 0) is 19.1 Å². The molecule has 21 heavy (non-hydrogen) atoms. The second-order valence-corrected chi connectivity index (χ2v) is 4.00. The fourth-order valence-electron chi connectivity index (χ4n) is 1.62. The summed E-state index contributed by atoms with van der Waals surface area (Å²) in [5.74, 6) is -0.878. The van der Waals surface area contributed by atoms with Crippen molar-refractivity contribution in [1.82, 2.24) is 0 Å². The summed E-state index contributed by atoms with van der Waals surface area (Å²) in [5, 5.41) is 8.88. The van der Waals surface area contributed by atoms with Gasteiger partial charge in [0.05, 0.1) is 17.9 Å². The molecule has 0 N–H and O–H groups in total. The third kappa shape index (κ3) is 4.24. The molecule has 4 nitrogen and oxygen atoms in total. The Kier molecular flexibility index (Phi) is 5.36. The first-order valence-electron chi connectivity index (χ1n) is 5.99. The molecule has 0 fully saturated rings. The first kappa shape index (κ1) is 16.6. The minimum absolute atomic E-state index is 0.0701. The van der Waals surface area contributed by atoms with Crippen molar-refractivity contribution in [1.29, 1.82) is 5.26 Å². The molecule has 0 aliphatic rings. The molecule has 1 aromatic rings. The summed E-state index contributed by atoms with van der Waals surface area (Å²) in [6.07, 6.45) is -3.52. The monoisotopic (exact) mass is 298 g/mol. The zero-order valence-electron chi connectivity index (χ0n) is 11.4. The predicted octanol–water partition coefficient (Wildman–Crippen LogP) is 3.11. The van der Waals surface area contributed by atoms with Gasteiger partial charge in [-0.2, -0.15) is 18.4 Å². The Hall–Kier alpha value is -2.49. The maximum atomic E-state index is 12.9. The standard InChI is InChI=1S/C14H13F3N2O2/c1-3-21-13(20)10(8-18)9-19(2)12-7-5-4-6-11(12)14(15,16)17/h4-7,9H,3H2,1-2H3. The number of hydrogen-bond acceptors (Lipinski definition) is 4. The average Bonchev–Trinajstić information content (AvgIpc) is 2.43. The van der Waals surface area contributed by atoms with E-state index in [-0.39, 0.29) is 17.9 Å². The third-order valence-corrected chi connectivity index (χ3v) is 2.53. The molecule has 0 atom stereocenters. The van der Waals surface area contributed by atoms with Crippen LogP contribution in [-0.4, -0.2) is 19.6 Å². The number of para-hydroxylation sites is 1. The number of nitriles is 1. The molecule has 0 amide bonds. The first-order valence-corrected chi connectivity index (χ1v) is 5.99. The Labute approximate surface area is 120 Å². The largest absolute Gasteiger partial charge is 0.462 e. The van der Waals surface area contributed by atoms with E-state index in [2.05, 4.69) is 4.74 Å². The molecule has 0 radical (unpaired) electrons. The normalized spacial score (nSPS) is 11.7. The Morgan fingerprint density at radius 3 is 2.57 bits per heavy atom. The number of rotatable bonds is 4. The van der Waals surface area contributed by atoms with Gasteiger partial charge in [-0.25, -0.2) is 4.79 Å². The van der Waals surface area contributed by atoms with Gasteiger partial charge in [0.25, 0.3) is 0 Å². The number of anilines is 1. The topological polar surface area (TPSA) is 53.3 Å². The maximum Gasteiger partial charge on any atom is 0.418 e. The van der Waals surface area contributed by atoms with Gasteiger partial charge < -0.3 is 9.64 Å². The molecule has 1 aromatic carbocycles. The SMILES string of the molecule is CCOC(=O)C(C#N)=CN(C)c1ccccc1C(F)(F)F. The van der Waals surface area contributed by atoms with Gasteiger partial charge in [0.2, 0.25) is 0 Å². The number of esters is 1. The predicted molar refractivity (Wildman–Crippen MR) is 70.2 cm³/mol. The Bertz CT molecular complexity index is 589. The van der Waals surface area contributed by atoms with Gasteiger partial charge in [-0.3, -0.25) is 0 Å². The molecule has 0 saturated heterocycles. The van der Waals surface area contributed by atoms with Crippen molar-refractivity contribution in [2.24, 2.45) is 0 Å². The summed E-state index contributed by atoms with van der Waals surface area (Å²) in [7, 11) is 1.32. The quantitative estimate of drug-likeness (QED) is 0.487. The zero-order chi connectivity index (χ0) is 16.0. The lowest BCUT2D eigenvalue weighted by Crippen LogP contribution is -2.18. The van der Waals surface area contributed by atoms with E-state index in [1.165, 1.54) is 25.2 Å². The van der Waals surface area contributed by atoms with E-state index >= 15 is 0 Å². The molecule has 0 aliphatic carbocycles. The van der Waals surface area contributed by atoms with Crippen molar-refractivity contribution in [2.75, 3.05) is 18.6 Å². The molecular weight excluding hydrogens is 285 g/mol. The maximum absolute atomic E-state index is 12.9. The summed E-state index contributed by atoms with van der Waals surface area (Å²) in [6.45, 7) is 1.64. The lowest BCUT2D eigenvalue weighted by Gasteiger charge is -2.20. The van der Waals surface area contributed by atoms with Crippen LogP contribution < -0.4 is 4.90 Å². The van der Waals surface area contributed by atoms with E-state index in [9.17, 15) is 18.0 Å². The molecule has 0 unspecified atom stereocenters. The van der Waals surface area contributed by atoms with Gasteiger partial charge in [-0.1, -0.05) is 12.1 Å². The Morgan fingerprint density at radius 1 is 1.43 bits per heavy atom. The number of carbonyl (C=O) groups excluding carboxylic acids is 1. The van der Waals surface area contributed by atoms with Crippen LogP contribution in [0.3, 0.4) is 0 Å². The molecule has 0 aliphatic heterocycles. The van der Waals surface area contributed by atoms with Crippen LogP contribution in [0.25, 0.3) is 0 Å². The smallest absolute Gasteiger partial charge is 0.418 e. The summed E-state index contributed by atoms with van der Waals surface area (Å²) in [4.78, 5) is 12.5. The summed E-state index contributed by atoms with van der Waals surface area (Å²) in [5.41, 5.74) is -1.40. The summed E-state index contributed by atoms with van der Waals surface area (Å²) in [6, 6.07) is 6.49. The molecule has 0 bridgehead atoms. The van der Waals surface area contributed by atoms with Gasteiger partial charge in [-0.15, -0.1) is 0 Å². The van der Waals surface area contributed by atoms with Crippen molar-refractivity contribution in [3.63, 3.8) is 0 Å². The van der Waals surface area contributed by atoms with Crippen LogP contribution >= 0.6 is 0 Å². The van der Waals surface area contributed by atoms with Gasteiger partial charge in [0.15, 0.2) is 5.57 Å². The van der Waals surface area contributed by atoms with E-state index in [0.717, 1.165) is 17.2 Å². The number of alkyl halides is 3. The highest BCUT2D eigenvalue weighted by Gasteiger charge is 2.34. The van der Waals surface area contributed by atoms with Crippen LogP contribution in [0.2, 0.25) is 0 Å². The lowest BCUT2D eigenvalue weighted by atomic mass is 10.1. The van der Waals surface area contributed by atoms with Crippen molar-refractivity contribution in [3.8, 4) is 6.07 Å².